The molecule has 8 heteroatoms. The third-order valence-electron chi connectivity index (χ3n) is 4.82. The van der Waals surface area contributed by atoms with Crippen molar-refractivity contribution in [2.24, 2.45) is 0 Å². The summed E-state index contributed by atoms with van der Waals surface area (Å²) in [5.41, 5.74) is 0.985. The Labute approximate surface area is 159 Å². The molecule has 0 saturated carbocycles. The van der Waals surface area contributed by atoms with Gasteiger partial charge in [0.15, 0.2) is 5.13 Å². The Bertz CT molecular complexity index is 854. The maximum Gasteiger partial charge on any atom is 0.249 e. The average molecular weight is 391 g/mol. The lowest BCUT2D eigenvalue weighted by molar-refractivity contribution is -0.135. The molecular weight excluding hydrogens is 373 g/mol. The average Bonchev–Trinajstić information content (AvgIpc) is 3.26. The molecule has 2 fully saturated rings. The minimum absolute atomic E-state index is 0.0498. The van der Waals surface area contributed by atoms with Gasteiger partial charge in [0.25, 0.3) is 0 Å². The highest BCUT2D eigenvalue weighted by Crippen LogP contribution is 2.47. The zero-order valence-corrected chi connectivity index (χ0v) is 15.8. The van der Waals surface area contributed by atoms with Crippen LogP contribution >= 0.6 is 23.1 Å². The molecule has 1 N–H and O–H groups in total. The SMILES string of the molecule is CC12CCC(=O)N1C(C(=O)Nc1ncc(Cc3ccc(F)cc3)s1)CS2. The smallest absolute Gasteiger partial charge is 0.249 e. The number of thioether (sulfide) groups is 1. The molecule has 2 aliphatic heterocycles. The Kier molecular flexibility index (Phi) is 4.48. The second-order valence-corrected chi connectivity index (χ2v) is 9.31. The standard InChI is InChI=1S/C18H18FN3O2S2/c1-18-7-6-15(23)22(18)14(10-25-18)16(24)21-17-20-9-13(26-17)8-11-2-4-12(19)5-3-11/h2-5,9,14H,6-8,10H2,1H3,(H,20,21,24). The van der Waals surface area contributed by atoms with Crippen LogP contribution < -0.4 is 5.32 Å². The Morgan fingerprint density at radius 1 is 1.42 bits per heavy atom. The molecule has 26 heavy (non-hydrogen) atoms. The van der Waals surface area contributed by atoms with Crippen LogP contribution in [-0.2, 0) is 16.0 Å². The highest BCUT2D eigenvalue weighted by atomic mass is 32.2. The summed E-state index contributed by atoms with van der Waals surface area (Å²) in [5, 5.41) is 3.38. The molecule has 1 aromatic heterocycles. The summed E-state index contributed by atoms with van der Waals surface area (Å²) in [6.45, 7) is 2.03. The van der Waals surface area contributed by atoms with Gasteiger partial charge in [-0.25, -0.2) is 9.37 Å². The number of amides is 2. The molecule has 2 amide bonds. The molecule has 2 aromatic rings. The number of hydrogen-bond acceptors (Lipinski definition) is 5. The van der Waals surface area contributed by atoms with Crippen molar-refractivity contribution in [3.05, 3.63) is 46.7 Å². The van der Waals surface area contributed by atoms with E-state index in [1.807, 2.05) is 6.92 Å². The molecule has 5 nitrogen and oxygen atoms in total. The maximum atomic E-state index is 13.0. The Hall–Kier alpha value is -1.93. The number of carbonyl (C=O) groups is 2. The van der Waals surface area contributed by atoms with Gasteiger partial charge in [-0.1, -0.05) is 12.1 Å². The second kappa shape index (κ2) is 6.66. The van der Waals surface area contributed by atoms with Crippen LogP contribution in [0.1, 0.15) is 30.2 Å². The van der Waals surface area contributed by atoms with Crippen molar-refractivity contribution in [1.82, 2.24) is 9.88 Å². The molecule has 0 aliphatic carbocycles. The van der Waals surface area contributed by atoms with E-state index in [0.29, 0.717) is 23.7 Å². The van der Waals surface area contributed by atoms with Gasteiger partial charge in [0.1, 0.15) is 11.9 Å². The normalized spacial score (nSPS) is 24.8. The first-order valence-corrected chi connectivity index (χ1v) is 10.2. The van der Waals surface area contributed by atoms with Crippen molar-refractivity contribution in [3.63, 3.8) is 0 Å². The predicted octanol–water partition coefficient (Wildman–Crippen LogP) is 3.27. The largest absolute Gasteiger partial charge is 0.315 e. The van der Waals surface area contributed by atoms with Crippen LogP contribution in [0.5, 0.6) is 0 Å². The molecule has 2 aliphatic rings. The van der Waals surface area contributed by atoms with Gasteiger partial charge in [-0.15, -0.1) is 23.1 Å². The van der Waals surface area contributed by atoms with Crippen molar-refractivity contribution >= 4 is 40.0 Å². The number of anilines is 1. The van der Waals surface area contributed by atoms with E-state index in [4.69, 9.17) is 0 Å². The van der Waals surface area contributed by atoms with Crippen LogP contribution in [0.2, 0.25) is 0 Å². The molecule has 2 atom stereocenters. The maximum absolute atomic E-state index is 13.0. The van der Waals surface area contributed by atoms with E-state index in [9.17, 15) is 14.0 Å². The van der Waals surface area contributed by atoms with Crippen molar-refractivity contribution in [2.45, 2.75) is 37.1 Å². The molecule has 0 spiro atoms. The van der Waals surface area contributed by atoms with Gasteiger partial charge in [-0.3, -0.25) is 9.59 Å². The number of thiazole rings is 1. The van der Waals surface area contributed by atoms with Crippen LogP contribution in [0.25, 0.3) is 0 Å². The summed E-state index contributed by atoms with van der Waals surface area (Å²) in [6.07, 6.45) is 3.65. The number of carbonyl (C=O) groups excluding carboxylic acids is 2. The number of nitrogens with zero attached hydrogens (tertiary/aromatic N) is 2. The molecule has 2 saturated heterocycles. The van der Waals surface area contributed by atoms with Gasteiger partial charge in [0, 0.05) is 29.7 Å². The van der Waals surface area contributed by atoms with Crippen LogP contribution in [0.4, 0.5) is 9.52 Å². The highest BCUT2D eigenvalue weighted by Gasteiger charge is 2.52. The van der Waals surface area contributed by atoms with E-state index in [1.165, 1.54) is 23.5 Å². The lowest BCUT2D eigenvalue weighted by Crippen LogP contribution is -2.48. The molecule has 1 aromatic carbocycles. The fourth-order valence-electron chi connectivity index (χ4n) is 3.45. The lowest BCUT2D eigenvalue weighted by atomic mass is 10.1. The summed E-state index contributed by atoms with van der Waals surface area (Å²) in [4.78, 5) is 31.5. The molecule has 0 bridgehead atoms. The van der Waals surface area contributed by atoms with Crippen LogP contribution in [0, 0.1) is 5.82 Å². The zero-order valence-electron chi connectivity index (χ0n) is 14.2. The van der Waals surface area contributed by atoms with E-state index >= 15 is 0 Å². The van der Waals surface area contributed by atoms with Crippen molar-refractivity contribution in [1.29, 1.82) is 0 Å². The van der Waals surface area contributed by atoms with Gasteiger partial charge in [0.2, 0.25) is 11.8 Å². The van der Waals surface area contributed by atoms with Crippen molar-refractivity contribution < 1.29 is 14.0 Å². The van der Waals surface area contributed by atoms with E-state index in [2.05, 4.69) is 10.3 Å². The highest BCUT2D eigenvalue weighted by molar-refractivity contribution is 8.01. The van der Waals surface area contributed by atoms with Gasteiger partial charge < -0.3 is 10.2 Å². The van der Waals surface area contributed by atoms with Crippen molar-refractivity contribution in [2.75, 3.05) is 11.1 Å². The molecule has 2 unspecified atom stereocenters. The summed E-state index contributed by atoms with van der Waals surface area (Å²) < 4.78 is 13.0. The fraction of sp³-hybridized carbons (Fsp3) is 0.389. The number of fused-ring (bicyclic) bond motifs is 1. The topological polar surface area (TPSA) is 62.3 Å². The summed E-state index contributed by atoms with van der Waals surface area (Å²) in [7, 11) is 0. The third kappa shape index (κ3) is 3.23. The molecule has 3 heterocycles. The van der Waals surface area contributed by atoms with E-state index < -0.39 is 6.04 Å². The Morgan fingerprint density at radius 2 is 2.19 bits per heavy atom. The number of aromatic nitrogens is 1. The minimum atomic E-state index is -0.440. The number of hydrogen-bond donors (Lipinski definition) is 1. The van der Waals surface area contributed by atoms with Crippen LogP contribution in [-0.4, -0.2) is 38.4 Å². The molecular formula is C18H18FN3O2S2. The summed E-state index contributed by atoms with van der Waals surface area (Å²) >= 11 is 3.07. The molecule has 136 valence electrons. The van der Waals surface area contributed by atoms with Gasteiger partial charge in [-0.2, -0.15) is 0 Å². The summed E-state index contributed by atoms with van der Waals surface area (Å²) in [6, 6.07) is 5.90. The minimum Gasteiger partial charge on any atom is -0.315 e. The van der Waals surface area contributed by atoms with E-state index in [1.54, 1.807) is 35.0 Å². The Balaban J connectivity index is 1.42. The van der Waals surface area contributed by atoms with Crippen LogP contribution in [0.15, 0.2) is 30.5 Å². The van der Waals surface area contributed by atoms with E-state index in [0.717, 1.165) is 16.9 Å². The third-order valence-corrected chi connectivity index (χ3v) is 7.24. The first kappa shape index (κ1) is 17.5. The quantitative estimate of drug-likeness (QED) is 0.869. The van der Waals surface area contributed by atoms with Gasteiger partial charge >= 0.3 is 0 Å². The number of benzene rings is 1. The molecule has 4 rings (SSSR count). The fourth-order valence-corrected chi connectivity index (χ4v) is 5.74. The first-order chi connectivity index (χ1) is 12.4. The van der Waals surface area contributed by atoms with Crippen LogP contribution in [0.3, 0.4) is 0 Å². The van der Waals surface area contributed by atoms with Crippen molar-refractivity contribution in [3.8, 4) is 0 Å². The number of nitrogens with one attached hydrogen (secondary N) is 1. The lowest BCUT2D eigenvalue weighted by Gasteiger charge is -2.29. The predicted molar refractivity (Wildman–Crippen MR) is 101 cm³/mol. The zero-order chi connectivity index (χ0) is 18.3. The monoisotopic (exact) mass is 391 g/mol. The summed E-state index contributed by atoms with van der Waals surface area (Å²) in [5.74, 6) is 0.221. The molecule has 0 radical (unpaired) electrons. The first-order valence-electron chi connectivity index (χ1n) is 8.41. The van der Waals surface area contributed by atoms with Gasteiger partial charge in [0.05, 0.1) is 4.87 Å². The second-order valence-electron chi connectivity index (χ2n) is 6.69. The Morgan fingerprint density at radius 3 is 2.96 bits per heavy atom. The number of rotatable bonds is 4. The van der Waals surface area contributed by atoms with E-state index in [-0.39, 0.29) is 22.5 Å². The van der Waals surface area contributed by atoms with Gasteiger partial charge in [-0.05, 0) is 31.0 Å². The number of halogens is 1.